The molecule has 0 aliphatic heterocycles. The normalized spacial score (nSPS) is 12.2. The fourth-order valence-electron chi connectivity index (χ4n) is 1.39. The number of hydrogen-bond donors (Lipinski definition) is 2. The molecule has 1 atom stereocenters. The van der Waals surface area contributed by atoms with Crippen molar-refractivity contribution >= 4 is 23.4 Å². The van der Waals surface area contributed by atoms with Crippen LogP contribution in [0, 0.1) is 5.82 Å². The first-order valence-electron chi connectivity index (χ1n) is 5.39. The van der Waals surface area contributed by atoms with E-state index in [0.717, 1.165) is 12.2 Å². The van der Waals surface area contributed by atoms with Gasteiger partial charge >= 0.3 is 0 Å². The Labute approximate surface area is 105 Å². The maximum Gasteiger partial charge on any atom is 0.254 e. The summed E-state index contributed by atoms with van der Waals surface area (Å²) in [7, 11) is 0. The number of carbonyl (C=O) groups is 1. The van der Waals surface area contributed by atoms with Gasteiger partial charge in [-0.3, -0.25) is 4.79 Å². The van der Waals surface area contributed by atoms with E-state index in [1.54, 1.807) is 11.8 Å². The molecule has 3 N–H and O–H groups in total. The number of anilines is 1. The molecule has 0 heterocycles. The van der Waals surface area contributed by atoms with E-state index in [4.69, 9.17) is 5.73 Å². The average molecular weight is 256 g/mol. The van der Waals surface area contributed by atoms with Crippen molar-refractivity contribution in [3.63, 3.8) is 0 Å². The Morgan fingerprint density at radius 1 is 1.59 bits per heavy atom. The van der Waals surface area contributed by atoms with E-state index in [1.807, 2.05) is 13.2 Å². The number of amides is 1. The first kappa shape index (κ1) is 13.8. The number of nitrogen functional groups attached to an aromatic ring is 1. The van der Waals surface area contributed by atoms with Crippen molar-refractivity contribution in [2.75, 3.05) is 17.7 Å². The van der Waals surface area contributed by atoms with Crippen LogP contribution in [0.2, 0.25) is 0 Å². The summed E-state index contributed by atoms with van der Waals surface area (Å²) in [6, 6.07) is 4.02. The number of halogens is 1. The van der Waals surface area contributed by atoms with Crippen LogP contribution in [0.25, 0.3) is 0 Å². The molecule has 94 valence electrons. The average Bonchev–Trinajstić information content (AvgIpc) is 2.29. The third-order valence-electron chi connectivity index (χ3n) is 2.37. The van der Waals surface area contributed by atoms with E-state index in [2.05, 4.69) is 5.32 Å². The molecule has 0 saturated heterocycles. The van der Waals surface area contributed by atoms with Crippen LogP contribution in [0.5, 0.6) is 0 Å². The van der Waals surface area contributed by atoms with Gasteiger partial charge in [0.1, 0.15) is 5.82 Å². The molecule has 3 nitrogen and oxygen atoms in total. The monoisotopic (exact) mass is 256 g/mol. The van der Waals surface area contributed by atoms with Crippen LogP contribution < -0.4 is 11.1 Å². The summed E-state index contributed by atoms with van der Waals surface area (Å²) in [6.45, 7) is 1.90. The summed E-state index contributed by atoms with van der Waals surface area (Å²) in [5, 5.41) is 2.75. The molecule has 0 bridgehead atoms. The lowest BCUT2D eigenvalue weighted by Gasteiger charge is -2.13. The Kier molecular flexibility index (Phi) is 5.28. The highest BCUT2D eigenvalue weighted by atomic mass is 32.2. The Morgan fingerprint density at radius 2 is 2.29 bits per heavy atom. The molecule has 0 spiro atoms. The van der Waals surface area contributed by atoms with Gasteiger partial charge in [0, 0.05) is 11.7 Å². The second kappa shape index (κ2) is 6.49. The van der Waals surface area contributed by atoms with Gasteiger partial charge in [0.2, 0.25) is 0 Å². The Balaban J connectivity index is 2.66. The van der Waals surface area contributed by atoms with E-state index in [1.165, 1.54) is 18.2 Å². The molecule has 1 amide bonds. The molecule has 0 aliphatic carbocycles. The van der Waals surface area contributed by atoms with Gasteiger partial charge in [-0.05, 0) is 43.6 Å². The molecule has 5 heteroatoms. The van der Waals surface area contributed by atoms with Crippen molar-refractivity contribution in [1.29, 1.82) is 0 Å². The first-order chi connectivity index (χ1) is 8.04. The topological polar surface area (TPSA) is 55.1 Å². The van der Waals surface area contributed by atoms with E-state index < -0.39 is 11.7 Å². The van der Waals surface area contributed by atoms with Crippen molar-refractivity contribution in [2.24, 2.45) is 0 Å². The molecule has 17 heavy (non-hydrogen) atoms. The Bertz CT molecular complexity index is 398. The van der Waals surface area contributed by atoms with Gasteiger partial charge in [-0.2, -0.15) is 11.8 Å². The van der Waals surface area contributed by atoms with Gasteiger partial charge in [-0.15, -0.1) is 0 Å². The maximum atomic E-state index is 13.4. The molecule has 1 aromatic rings. The van der Waals surface area contributed by atoms with Crippen LogP contribution in [-0.4, -0.2) is 24.0 Å². The number of rotatable bonds is 5. The van der Waals surface area contributed by atoms with Crippen LogP contribution >= 0.6 is 11.8 Å². The van der Waals surface area contributed by atoms with Crippen molar-refractivity contribution in [1.82, 2.24) is 5.32 Å². The van der Waals surface area contributed by atoms with Crippen molar-refractivity contribution in [2.45, 2.75) is 19.4 Å². The van der Waals surface area contributed by atoms with E-state index >= 15 is 0 Å². The van der Waals surface area contributed by atoms with Crippen LogP contribution in [0.3, 0.4) is 0 Å². The Hall–Kier alpha value is -1.23. The van der Waals surface area contributed by atoms with Crippen LogP contribution in [0.4, 0.5) is 10.1 Å². The minimum Gasteiger partial charge on any atom is -0.399 e. The molecule has 0 radical (unpaired) electrons. The maximum absolute atomic E-state index is 13.4. The van der Waals surface area contributed by atoms with Gasteiger partial charge in [0.15, 0.2) is 0 Å². The molecule has 0 aromatic heterocycles. The predicted octanol–water partition coefficient (Wildman–Crippen LogP) is 2.28. The van der Waals surface area contributed by atoms with Crippen LogP contribution in [0.1, 0.15) is 23.7 Å². The van der Waals surface area contributed by atoms with E-state index in [-0.39, 0.29) is 11.6 Å². The highest BCUT2D eigenvalue weighted by Crippen LogP contribution is 2.12. The summed E-state index contributed by atoms with van der Waals surface area (Å²) < 4.78 is 13.4. The molecule has 0 saturated carbocycles. The zero-order valence-electron chi connectivity index (χ0n) is 10.00. The number of hydrogen-bond acceptors (Lipinski definition) is 3. The third-order valence-corrected chi connectivity index (χ3v) is 3.01. The minimum absolute atomic E-state index is 0.000927. The van der Waals surface area contributed by atoms with E-state index in [9.17, 15) is 9.18 Å². The molecule has 1 rings (SSSR count). The molecule has 1 unspecified atom stereocenters. The molecular formula is C12H17FN2OS. The summed E-state index contributed by atoms with van der Waals surface area (Å²) in [5.41, 5.74) is 5.91. The van der Waals surface area contributed by atoms with Crippen molar-refractivity contribution < 1.29 is 9.18 Å². The number of thioether (sulfide) groups is 1. The highest BCUT2D eigenvalue weighted by molar-refractivity contribution is 7.98. The smallest absolute Gasteiger partial charge is 0.254 e. The quantitative estimate of drug-likeness (QED) is 0.795. The van der Waals surface area contributed by atoms with Crippen LogP contribution in [0.15, 0.2) is 18.2 Å². The molecular weight excluding hydrogens is 239 g/mol. The zero-order valence-corrected chi connectivity index (χ0v) is 10.8. The highest BCUT2D eigenvalue weighted by Gasteiger charge is 2.14. The first-order valence-corrected chi connectivity index (χ1v) is 6.78. The zero-order chi connectivity index (χ0) is 12.8. The minimum atomic E-state index is -0.547. The van der Waals surface area contributed by atoms with Crippen LogP contribution in [-0.2, 0) is 0 Å². The van der Waals surface area contributed by atoms with Crippen molar-refractivity contribution in [3.8, 4) is 0 Å². The predicted molar refractivity (Wildman–Crippen MR) is 70.7 cm³/mol. The summed E-state index contributed by atoms with van der Waals surface area (Å²) >= 11 is 1.71. The summed E-state index contributed by atoms with van der Waals surface area (Å²) in [6.07, 6.45) is 2.86. The number of carbonyl (C=O) groups excluding carboxylic acids is 1. The lowest BCUT2D eigenvalue weighted by atomic mass is 10.1. The lowest BCUT2D eigenvalue weighted by Crippen LogP contribution is -2.33. The Morgan fingerprint density at radius 3 is 2.94 bits per heavy atom. The third kappa shape index (κ3) is 4.26. The van der Waals surface area contributed by atoms with Gasteiger partial charge in [0.05, 0.1) is 5.56 Å². The van der Waals surface area contributed by atoms with Gasteiger partial charge in [-0.1, -0.05) is 0 Å². The number of nitrogens with one attached hydrogen (secondary N) is 1. The van der Waals surface area contributed by atoms with E-state index in [0.29, 0.717) is 5.69 Å². The SMILES string of the molecule is CSCCC(C)NC(=O)c1cc(N)ccc1F. The fraction of sp³-hybridized carbons (Fsp3) is 0.417. The summed E-state index contributed by atoms with van der Waals surface area (Å²) in [5.74, 6) is -0.00177. The largest absolute Gasteiger partial charge is 0.399 e. The number of benzene rings is 1. The second-order valence-electron chi connectivity index (χ2n) is 3.90. The number of nitrogens with two attached hydrogens (primary N) is 1. The van der Waals surface area contributed by atoms with Gasteiger partial charge in [-0.25, -0.2) is 4.39 Å². The second-order valence-corrected chi connectivity index (χ2v) is 4.88. The van der Waals surface area contributed by atoms with Gasteiger partial charge < -0.3 is 11.1 Å². The lowest BCUT2D eigenvalue weighted by molar-refractivity contribution is 0.0935. The molecule has 1 aromatic carbocycles. The van der Waals surface area contributed by atoms with Gasteiger partial charge in [0.25, 0.3) is 5.91 Å². The standard InChI is InChI=1S/C12H17FN2OS/c1-8(5-6-17-2)15-12(16)10-7-9(14)3-4-11(10)13/h3-4,7-8H,5-6,14H2,1-2H3,(H,15,16). The fourth-order valence-corrected chi connectivity index (χ4v) is 1.97. The van der Waals surface area contributed by atoms with Crippen molar-refractivity contribution in [3.05, 3.63) is 29.6 Å². The molecule has 0 aliphatic rings. The summed E-state index contributed by atoms with van der Waals surface area (Å²) in [4.78, 5) is 11.8. The molecule has 0 fully saturated rings.